The summed E-state index contributed by atoms with van der Waals surface area (Å²) >= 11 is 18.7. The highest BCUT2D eigenvalue weighted by Crippen LogP contribution is 2.45. The minimum Gasteiger partial charge on any atom is -0.324 e. The van der Waals surface area contributed by atoms with Crippen LogP contribution in [0.1, 0.15) is 30.7 Å². The van der Waals surface area contributed by atoms with Crippen molar-refractivity contribution >= 4 is 46.3 Å². The van der Waals surface area contributed by atoms with Crippen molar-refractivity contribution in [2.75, 3.05) is 11.4 Å². The summed E-state index contributed by atoms with van der Waals surface area (Å²) in [5.41, 5.74) is 1.91. The lowest BCUT2D eigenvalue weighted by molar-refractivity contribution is 0.703. The van der Waals surface area contributed by atoms with Gasteiger partial charge in [0, 0.05) is 23.0 Å². The molecule has 1 unspecified atom stereocenters. The molecule has 3 nitrogen and oxygen atoms in total. The lowest BCUT2D eigenvalue weighted by Crippen LogP contribution is -2.16. The molecule has 0 saturated carbocycles. The number of anilines is 2. The third-order valence-electron chi connectivity index (χ3n) is 3.75. The summed E-state index contributed by atoms with van der Waals surface area (Å²) < 4.78 is 0. The topological polar surface area (TPSA) is 29.0 Å². The summed E-state index contributed by atoms with van der Waals surface area (Å²) in [6.45, 7) is 4.77. The Kier molecular flexibility index (Phi) is 4.00. The number of fused-ring (bicyclic) bond motifs is 1. The van der Waals surface area contributed by atoms with Crippen molar-refractivity contribution in [1.29, 1.82) is 0 Å². The second-order valence-electron chi connectivity index (χ2n) is 5.11. The minimum atomic E-state index is 0.305. The SMILES string of the molecule is CCC1CN(c2ccc(Cl)cc2Cl)c2nc(C)nc(Cl)c21. The third-order valence-corrected chi connectivity index (χ3v) is 4.58. The van der Waals surface area contributed by atoms with Gasteiger partial charge in [-0.15, -0.1) is 0 Å². The Morgan fingerprint density at radius 2 is 2.00 bits per heavy atom. The number of hydrogen-bond acceptors (Lipinski definition) is 3. The van der Waals surface area contributed by atoms with Crippen molar-refractivity contribution in [3.63, 3.8) is 0 Å². The van der Waals surface area contributed by atoms with Crippen LogP contribution < -0.4 is 4.90 Å². The first-order chi connectivity index (χ1) is 10.0. The van der Waals surface area contributed by atoms with Gasteiger partial charge in [-0.25, -0.2) is 9.97 Å². The van der Waals surface area contributed by atoms with Gasteiger partial charge in [-0.3, -0.25) is 0 Å². The zero-order chi connectivity index (χ0) is 15.1. The van der Waals surface area contributed by atoms with Crippen LogP contribution in [0.3, 0.4) is 0 Å². The van der Waals surface area contributed by atoms with Gasteiger partial charge in [0.2, 0.25) is 0 Å². The third kappa shape index (κ3) is 2.59. The first-order valence-electron chi connectivity index (χ1n) is 6.78. The summed E-state index contributed by atoms with van der Waals surface area (Å²) in [4.78, 5) is 11.0. The highest BCUT2D eigenvalue weighted by Gasteiger charge is 2.33. The van der Waals surface area contributed by atoms with Crippen LogP contribution in [0.15, 0.2) is 18.2 Å². The average Bonchev–Trinajstić information content (AvgIpc) is 2.77. The quantitative estimate of drug-likeness (QED) is 0.685. The molecular formula is C15H14Cl3N3. The Balaban J connectivity index is 2.15. The van der Waals surface area contributed by atoms with Crippen molar-refractivity contribution in [1.82, 2.24) is 9.97 Å². The number of hydrogen-bond donors (Lipinski definition) is 0. The molecule has 21 heavy (non-hydrogen) atoms. The summed E-state index contributed by atoms with van der Waals surface area (Å²) in [5, 5.41) is 1.77. The number of nitrogens with zero attached hydrogens (tertiary/aromatic N) is 3. The minimum absolute atomic E-state index is 0.305. The van der Waals surface area contributed by atoms with E-state index < -0.39 is 0 Å². The van der Waals surface area contributed by atoms with E-state index in [-0.39, 0.29) is 0 Å². The fourth-order valence-corrected chi connectivity index (χ4v) is 3.61. The normalized spacial score (nSPS) is 17.2. The largest absolute Gasteiger partial charge is 0.324 e. The van der Waals surface area contributed by atoms with Crippen molar-refractivity contribution in [3.05, 3.63) is 44.8 Å². The Morgan fingerprint density at radius 1 is 1.24 bits per heavy atom. The van der Waals surface area contributed by atoms with Gasteiger partial charge in [0.1, 0.15) is 16.8 Å². The molecule has 0 N–H and O–H groups in total. The molecule has 2 aromatic rings. The Bertz CT molecular complexity index is 703. The predicted octanol–water partition coefficient (Wildman–Crippen LogP) is 5.39. The maximum atomic E-state index is 6.34. The fraction of sp³-hybridized carbons (Fsp3) is 0.333. The van der Waals surface area contributed by atoms with Gasteiger partial charge >= 0.3 is 0 Å². The lowest BCUT2D eigenvalue weighted by atomic mass is 10.0. The van der Waals surface area contributed by atoms with Gasteiger partial charge in [-0.1, -0.05) is 41.7 Å². The lowest BCUT2D eigenvalue weighted by Gasteiger charge is -2.20. The summed E-state index contributed by atoms with van der Waals surface area (Å²) in [6.07, 6.45) is 0.973. The van der Waals surface area contributed by atoms with Crippen LogP contribution in [0.4, 0.5) is 11.5 Å². The average molecular weight is 343 g/mol. The van der Waals surface area contributed by atoms with E-state index >= 15 is 0 Å². The van der Waals surface area contributed by atoms with Crippen LogP contribution in [0.5, 0.6) is 0 Å². The van der Waals surface area contributed by atoms with Gasteiger partial charge in [0.05, 0.1) is 10.7 Å². The van der Waals surface area contributed by atoms with E-state index in [1.165, 1.54) is 0 Å². The van der Waals surface area contributed by atoms with E-state index in [0.29, 0.717) is 26.9 Å². The number of benzene rings is 1. The van der Waals surface area contributed by atoms with Crippen LogP contribution in [-0.2, 0) is 0 Å². The number of aromatic nitrogens is 2. The van der Waals surface area contributed by atoms with Crippen LogP contribution >= 0.6 is 34.8 Å². The van der Waals surface area contributed by atoms with E-state index in [1.54, 1.807) is 6.07 Å². The molecule has 110 valence electrons. The van der Waals surface area contributed by atoms with Crippen LogP contribution in [0.2, 0.25) is 15.2 Å². The monoisotopic (exact) mass is 341 g/mol. The van der Waals surface area contributed by atoms with Crippen molar-refractivity contribution in [2.45, 2.75) is 26.2 Å². The van der Waals surface area contributed by atoms with Gasteiger partial charge < -0.3 is 4.90 Å². The standard InChI is InChI=1S/C15H14Cl3N3/c1-3-9-7-21(12-5-4-10(16)6-11(12)17)15-13(9)14(18)19-8(2)20-15/h4-6,9H,3,7H2,1-2H3. The van der Waals surface area contributed by atoms with Crippen LogP contribution in [0, 0.1) is 6.92 Å². The van der Waals surface area contributed by atoms with Gasteiger partial charge in [0.25, 0.3) is 0 Å². The molecule has 1 aliphatic rings. The number of rotatable bonds is 2. The highest BCUT2D eigenvalue weighted by molar-refractivity contribution is 6.36. The van der Waals surface area contributed by atoms with E-state index in [1.807, 2.05) is 19.1 Å². The Hall–Kier alpha value is -1.03. The smallest absolute Gasteiger partial charge is 0.141 e. The predicted molar refractivity (Wildman–Crippen MR) is 88.3 cm³/mol. The first-order valence-corrected chi connectivity index (χ1v) is 7.91. The van der Waals surface area contributed by atoms with Gasteiger partial charge in [-0.05, 0) is 31.5 Å². The molecule has 3 rings (SSSR count). The molecule has 0 fully saturated rings. The first kappa shape index (κ1) is 14.9. The molecule has 0 bridgehead atoms. The van der Waals surface area contributed by atoms with Crippen LogP contribution in [-0.4, -0.2) is 16.5 Å². The summed E-state index contributed by atoms with van der Waals surface area (Å²) in [6, 6.07) is 5.49. The molecule has 0 spiro atoms. The molecule has 0 radical (unpaired) electrons. The van der Waals surface area contributed by atoms with Crippen molar-refractivity contribution in [2.24, 2.45) is 0 Å². The molecule has 0 saturated heterocycles. The molecule has 1 aliphatic heterocycles. The number of aryl methyl sites for hydroxylation is 1. The molecule has 0 aliphatic carbocycles. The van der Waals surface area contributed by atoms with E-state index in [4.69, 9.17) is 34.8 Å². The molecular weight excluding hydrogens is 329 g/mol. The second-order valence-corrected chi connectivity index (χ2v) is 6.31. The molecule has 0 amide bonds. The van der Waals surface area contributed by atoms with E-state index in [2.05, 4.69) is 21.8 Å². The summed E-state index contributed by atoms with van der Waals surface area (Å²) in [7, 11) is 0. The zero-order valence-electron chi connectivity index (χ0n) is 11.7. The van der Waals surface area contributed by atoms with Crippen LogP contribution in [0.25, 0.3) is 0 Å². The molecule has 1 aromatic heterocycles. The van der Waals surface area contributed by atoms with E-state index in [9.17, 15) is 0 Å². The number of halogens is 3. The van der Waals surface area contributed by atoms with Gasteiger partial charge in [-0.2, -0.15) is 0 Å². The van der Waals surface area contributed by atoms with E-state index in [0.717, 1.165) is 30.0 Å². The van der Waals surface area contributed by atoms with Gasteiger partial charge in [0.15, 0.2) is 0 Å². The second kappa shape index (κ2) is 5.64. The van der Waals surface area contributed by atoms with Crippen molar-refractivity contribution < 1.29 is 0 Å². The zero-order valence-corrected chi connectivity index (χ0v) is 14.0. The maximum Gasteiger partial charge on any atom is 0.141 e. The molecule has 6 heteroatoms. The Labute approximate surface area is 138 Å². The molecule has 1 atom stereocenters. The Morgan fingerprint density at radius 3 is 2.67 bits per heavy atom. The highest BCUT2D eigenvalue weighted by atomic mass is 35.5. The maximum absolute atomic E-state index is 6.34. The van der Waals surface area contributed by atoms with Crippen molar-refractivity contribution in [3.8, 4) is 0 Å². The summed E-state index contributed by atoms with van der Waals surface area (Å²) in [5.74, 6) is 1.81. The molecule has 2 heterocycles. The fourth-order valence-electron chi connectivity index (χ4n) is 2.73. The molecule has 1 aromatic carbocycles.